The van der Waals surface area contributed by atoms with Crippen molar-refractivity contribution in [3.63, 3.8) is 0 Å². The number of nitrogens with one attached hydrogen (secondary N) is 1. The number of nitrogens with zero attached hydrogens (tertiary/aromatic N) is 5. The van der Waals surface area contributed by atoms with E-state index < -0.39 is 6.09 Å². The van der Waals surface area contributed by atoms with Gasteiger partial charge < -0.3 is 20.2 Å². The SMILES string of the molecule is CCN(CC)CCN(C)C(=O)c1cccc(Nc2nccc(N(Cc3cc(Cl)ccc3Cl)C(=O)O)n2)c1. The Morgan fingerprint density at radius 2 is 1.78 bits per heavy atom. The van der Waals surface area contributed by atoms with Crippen molar-refractivity contribution >= 4 is 52.7 Å². The number of halogens is 2. The first kappa shape index (κ1) is 28.2. The first-order chi connectivity index (χ1) is 17.7. The zero-order valence-electron chi connectivity index (χ0n) is 21.0. The van der Waals surface area contributed by atoms with Crippen molar-refractivity contribution < 1.29 is 14.7 Å². The Hall–Kier alpha value is -3.40. The molecular weight excluding hydrogens is 515 g/mol. The molecule has 1 heterocycles. The van der Waals surface area contributed by atoms with Crippen LogP contribution in [0, 0.1) is 0 Å². The van der Waals surface area contributed by atoms with Crippen LogP contribution in [0.15, 0.2) is 54.7 Å². The molecule has 0 atom stereocenters. The van der Waals surface area contributed by atoms with Crippen LogP contribution in [0.3, 0.4) is 0 Å². The average molecular weight is 545 g/mol. The number of rotatable bonds is 11. The molecule has 3 aromatic rings. The largest absolute Gasteiger partial charge is 0.465 e. The second-order valence-electron chi connectivity index (χ2n) is 8.30. The van der Waals surface area contributed by atoms with E-state index in [2.05, 4.69) is 34.0 Å². The molecule has 37 heavy (non-hydrogen) atoms. The van der Waals surface area contributed by atoms with Crippen LogP contribution in [0.2, 0.25) is 10.0 Å². The molecule has 2 aromatic carbocycles. The van der Waals surface area contributed by atoms with Crippen molar-refractivity contribution in [1.82, 2.24) is 19.8 Å². The van der Waals surface area contributed by atoms with Gasteiger partial charge in [-0.05, 0) is 61.1 Å². The van der Waals surface area contributed by atoms with E-state index in [1.54, 1.807) is 54.4 Å². The van der Waals surface area contributed by atoms with Crippen LogP contribution < -0.4 is 10.2 Å². The number of amides is 2. The molecule has 0 radical (unpaired) electrons. The Bertz CT molecular complexity index is 1240. The summed E-state index contributed by atoms with van der Waals surface area (Å²) in [6.07, 6.45) is 0.247. The number of carboxylic acid groups (broad SMARTS) is 1. The molecule has 0 unspecified atom stereocenters. The molecular formula is C26H30Cl2N6O3. The lowest BCUT2D eigenvalue weighted by atomic mass is 10.1. The third kappa shape index (κ3) is 7.79. The fourth-order valence-corrected chi connectivity index (χ4v) is 4.03. The van der Waals surface area contributed by atoms with E-state index in [1.165, 1.54) is 12.3 Å². The van der Waals surface area contributed by atoms with E-state index in [4.69, 9.17) is 23.2 Å². The van der Waals surface area contributed by atoms with Gasteiger partial charge in [0, 0.05) is 47.6 Å². The topological polar surface area (TPSA) is 102 Å². The number of benzene rings is 2. The van der Waals surface area contributed by atoms with Gasteiger partial charge in [0.05, 0.1) is 6.54 Å². The molecule has 1 aromatic heterocycles. The molecule has 11 heteroatoms. The minimum atomic E-state index is -1.21. The smallest absolute Gasteiger partial charge is 0.413 e. The summed E-state index contributed by atoms with van der Waals surface area (Å²) < 4.78 is 0. The van der Waals surface area contributed by atoms with Gasteiger partial charge in [0.15, 0.2) is 0 Å². The maximum atomic E-state index is 12.9. The third-order valence-corrected chi connectivity index (χ3v) is 6.45. The van der Waals surface area contributed by atoms with E-state index >= 15 is 0 Å². The fraction of sp³-hybridized carbons (Fsp3) is 0.308. The van der Waals surface area contributed by atoms with E-state index in [1.807, 2.05) is 0 Å². The van der Waals surface area contributed by atoms with Gasteiger partial charge in [-0.25, -0.2) is 9.78 Å². The minimum absolute atomic E-state index is 0.0466. The van der Waals surface area contributed by atoms with Crippen molar-refractivity contribution in [3.05, 3.63) is 75.9 Å². The molecule has 196 valence electrons. The summed E-state index contributed by atoms with van der Waals surface area (Å²) in [6.45, 7) is 7.43. The molecule has 2 N–H and O–H groups in total. The van der Waals surface area contributed by atoms with E-state index in [0.717, 1.165) is 24.5 Å². The van der Waals surface area contributed by atoms with Gasteiger partial charge in [0.2, 0.25) is 5.95 Å². The van der Waals surface area contributed by atoms with Crippen LogP contribution in [0.1, 0.15) is 29.8 Å². The second-order valence-corrected chi connectivity index (χ2v) is 9.15. The maximum absolute atomic E-state index is 12.9. The molecule has 0 saturated carbocycles. The Morgan fingerprint density at radius 1 is 1.03 bits per heavy atom. The lowest BCUT2D eigenvalue weighted by Crippen LogP contribution is -2.36. The van der Waals surface area contributed by atoms with Gasteiger partial charge >= 0.3 is 6.09 Å². The number of hydrogen-bond acceptors (Lipinski definition) is 6. The normalized spacial score (nSPS) is 10.9. The summed E-state index contributed by atoms with van der Waals surface area (Å²) in [6, 6.07) is 13.4. The number of carbonyl (C=O) groups is 2. The number of hydrogen-bond donors (Lipinski definition) is 2. The number of anilines is 3. The number of carbonyl (C=O) groups excluding carboxylic acids is 1. The Morgan fingerprint density at radius 3 is 2.49 bits per heavy atom. The highest BCUT2D eigenvalue weighted by atomic mass is 35.5. The summed E-state index contributed by atoms with van der Waals surface area (Å²) in [5, 5.41) is 13.7. The predicted molar refractivity (Wildman–Crippen MR) is 147 cm³/mol. The molecule has 0 spiro atoms. The molecule has 2 amide bonds. The molecule has 9 nitrogen and oxygen atoms in total. The van der Waals surface area contributed by atoms with Crippen molar-refractivity contribution in [3.8, 4) is 0 Å². The summed E-state index contributed by atoms with van der Waals surface area (Å²) >= 11 is 12.3. The molecule has 0 bridgehead atoms. The number of likely N-dealkylation sites (N-methyl/N-ethyl adjacent to an activating group) is 2. The van der Waals surface area contributed by atoms with Crippen LogP contribution in [-0.4, -0.2) is 70.1 Å². The Kier molecular flexibility index (Phi) is 10.1. The van der Waals surface area contributed by atoms with E-state index in [9.17, 15) is 14.7 Å². The highest BCUT2D eigenvalue weighted by Gasteiger charge is 2.19. The zero-order valence-corrected chi connectivity index (χ0v) is 22.5. The first-order valence-electron chi connectivity index (χ1n) is 11.8. The summed E-state index contributed by atoms with van der Waals surface area (Å²) in [5.41, 5.74) is 1.66. The van der Waals surface area contributed by atoms with Gasteiger partial charge in [-0.2, -0.15) is 4.98 Å². The van der Waals surface area contributed by atoms with Crippen molar-refractivity contribution in [2.75, 3.05) is 43.4 Å². The summed E-state index contributed by atoms with van der Waals surface area (Å²) in [4.78, 5) is 38.5. The van der Waals surface area contributed by atoms with Crippen LogP contribution in [0.5, 0.6) is 0 Å². The van der Waals surface area contributed by atoms with Crippen molar-refractivity contribution in [2.24, 2.45) is 0 Å². The van der Waals surface area contributed by atoms with Gasteiger partial charge in [-0.1, -0.05) is 43.1 Å². The summed E-state index contributed by atoms with van der Waals surface area (Å²) in [5.74, 6) is 0.241. The number of aromatic nitrogens is 2. The van der Waals surface area contributed by atoms with Crippen LogP contribution in [0.4, 0.5) is 22.2 Å². The maximum Gasteiger partial charge on any atom is 0.413 e. The third-order valence-electron chi connectivity index (χ3n) is 5.84. The Labute approximate surface area is 226 Å². The quantitative estimate of drug-likeness (QED) is 0.322. The van der Waals surface area contributed by atoms with E-state index in [-0.39, 0.29) is 24.2 Å². The molecule has 3 rings (SSSR count). The molecule has 0 fully saturated rings. The standard InChI is InChI=1S/C26H30Cl2N6O3/c1-4-33(5-2)14-13-32(3)24(35)18-7-6-8-21(16-18)30-25-29-12-11-23(31-25)34(26(36)37)17-19-15-20(27)9-10-22(19)28/h6-12,15-16H,4-5,13-14,17H2,1-3H3,(H,36,37)(H,29,30,31). The highest BCUT2D eigenvalue weighted by Crippen LogP contribution is 2.25. The fourth-order valence-electron chi connectivity index (χ4n) is 3.65. The molecule has 0 aliphatic rings. The van der Waals surface area contributed by atoms with Gasteiger partial charge in [-0.3, -0.25) is 9.69 Å². The average Bonchev–Trinajstić information content (AvgIpc) is 2.89. The monoisotopic (exact) mass is 544 g/mol. The Balaban J connectivity index is 1.75. The zero-order chi connectivity index (χ0) is 26.9. The van der Waals surface area contributed by atoms with Gasteiger partial charge in [0.1, 0.15) is 5.82 Å². The lowest BCUT2D eigenvalue weighted by Gasteiger charge is -2.23. The van der Waals surface area contributed by atoms with Crippen molar-refractivity contribution in [1.29, 1.82) is 0 Å². The molecule has 0 aliphatic heterocycles. The molecule has 0 saturated heterocycles. The van der Waals surface area contributed by atoms with Crippen LogP contribution in [0.25, 0.3) is 0 Å². The van der Waals surface area contributed by atoms with Crippen LogP contribution >= 0.6 is 23.2 Å². The molecule has 0 aliphatic carbocycles. The lowest BCUT2D eigenvalue weighted by molar-refractivity contribution is 0.0780. The minimum Gasteiger partial charge on any atom is -0.465 e. The first-order valence-corrected chi connectivity index (χ1v) is 12.6. The highest BCUT2D eigenvalue weighted by molar-refractivity contribution is 6.33. The second kappa shape index (κ2) is 13.2. The van der Waals surface area contributed by atoms with Gasteiger partial charge in [-0.15, -0.1) is 0 Å². The predicted octanol–water partition coefficient (Wildman–Crippen LogP) is 5.63. The summed E-state index contributed by atoms with van der Waals surface area (Å²) in [7, 11) is 1.78. The van der Waals surface area contributed by atoms with Crippen LogP contribution in [-0.2, 0) is 6.54 Å². The van der Waals surface area contributed by atoms with Crippen molar-refractivity contribution in [2.45, 2.75) is 20.4 Å². The van der Waals surface area contributed by atoms with Gasteiger partial charge in [0.25, 0.3) is 5.91 Å². The van der Waals surface area contributed by atoms with E-state index in [0.29, 0.717) is 33.4 Å².